The van der Waals surface area contributed by atoms with E-state index in [0.717, 1.165) is 0 Å². The second kappa shape index (κ2) is 2.69. The van der Waals surface area contributed by atoms with Gasteiger partial charge in [-0.15, -0.1) is 0 Å². The summed E-state index contributed by atoms with van der Waals surface area (Å²) in [5.41, 5.74) is 1.17. The molecule has 0 aromatic carbocycles. The number of ether oxygens (including phenoxy) is 2. The SMILES string of the molecule is C=CC1=C[C@@H](C)[C@@H]2OC(C)(C)O[C@H]12. The lowest BCUT2D eigenvalue weighted by Gasteiger charge is -2.18. The molecule has 0 bridgehead atoms. The Morgan fingerprint density at radius 2 is 2.15 bits per heavy atom. The van der Waals surface area contributed by atoms with Crippen LogP contribution in [0.15, 0.2) is 24.3 Å². The maximum Gasteiger partial charge on any atom is 0.164 e. The van der Waals surface area contributed by atoms with Crippen LogP contribution < -0.4 is 0 Å². The monoisotopic (exact) mass is 180 g/mol. The molecule has 72 valence electrons. The summed E-state index contributed by atoms with van der Waals surface area (Å²) in [6, 6.07) is 0. The normalized spacial score (nSPS) is 41.5. The number of rotatable bonds is 1. The Balaban J connectivity index is 2.24. The van der Waals surface area contributed by atoms with Crippen molar-refractivity contribution in [3.05, 3.63) is 24.3 Å². The fourth-order valence-corrected chi connectivity index (χ4v) is 2.11. The number of fused-ring (bicyclic) bond motifs is 1. The van der Waals surface area contributed by atoms with Crippen LogP contribution in [-0.2, 0) is 9.47 Å². The summed E-state index contributed by atoms with van der Waals surface area (Å²) in [5.74, 6) is -0.00803. The predicted molar refractivity (Wildman–Crippen MR) is 51.3 cm³/mol. The van der Waals surface area contributed by atoms with Crippen LogP contribution in [0.1, 0.15) is 20.8 Å². The van der Waals surface area contributed by atoms with Gasteiger partial charge in [0, 0.05) is 5.92 Å². The van der Waals surface area contributed by atoms with E-state index in [1.54, 1.807) is 0 Å². The molecule has 1 heterocycles. The zero-order chi connectivity index (χ0) is 9.64. The lowest BCUT2D eigenvalue weighted by molar-refractivity contribution is -0.147. The van der Waals surface area contributed by atoms with Crippen molar-refractivity contribution in [2.24, 2.45) is 5.92 Å². The summed E-state index contributed by atoms with van der Waals surface area (Å²) >= 11 is 0. The van der Waals surface area contributed by atoms with E-state index < -0.39 is 5.79 Å². The Morgan fingerprint density at radius 1 is 1.46 bits per heavy atom. The predicted octanol–water partition coefficient (Wildman–Crippen LogP) is 2.27. The molecule has 0 radical (unpaired) electrons. The van der Waals surface area contributed by atoms with Crippen LogP contribution in [0.5, 0.6) is 0 Å². The maximum absolute atomic E-state index is 5.79. The topological polar surface area (TPSA) is 18.5 Å². The molecule has 0 aromatic heterocycles. The highest BCUT2D eigenvalue weighted by atomic mass is 16.8. The van der Waals surface area contributed by atoms with E-state index in [1.165, 1.54) is 5.57 Å². The van der Waals surface area contributed by atoms with Crippen LogP contribution in [0, 0.1) is 5.92 Å². The average molecular weight is 180 g/mol. The molecular weight excluding hydrogens is 164 g/mol. The van der Waals surface area contributed by atoms with Crippen molar-refractivity contribution >= 4 is 0 Å². The molecule has 3 atom stereocenters. The van der Waals surface area contributed by atoms with Gasteiger partial charge in [-0.3, -0.25) is 0 Å². The fourth-order valence-electron chi connectivity index (χ4n) is 2.11. The first-order valence-corrected chi connectivity index (χ1v) is 4.73. The highest BCUT2D eigenvalue weighted by Crippen LogP contribution is 2.41. The van der Waals surface area contributed by atoms with Crippen LogP contribution >= 0.6 is 0 Å². The molecular formula is C11H16O2. The van der Waals surface area contributed by atoms with Crippen LogP contribution in [0.25, 0.3) is 0 Å². The minimum Gasteiger partial charge on any atom is -0.344 e. The van der Waals surface area contributed by atoms with Crippen molar-refractivity contribution in [1.29, 1.82) is 0 Å². The third kappa shape index (κ3) is 1.34. The quantitative estimate of drug-likeness (QED) is 0.616. The molecule has 1 saturated heterocycles. The molecule has 2 nitrogen and oxygen atoms in total. The van der Waals surface area contributed by atoms with Crippen LogP contribution in [0.2, 0.25) is 0 Å². The second-order valence-electron chi connectivity index (χ2n) is 4.25. The Kier molecular flexibility index (Phi) is 1.86. The second-order valence-corrected chi connectivity index (χ2v) is 4.25. The highest BCUT2D eigenvalue weighted by Gasteiger charge is 2.47. The fraction of sp³-hybridized carbons (Fsp3) is 0.636. The Morgan fingerprint density at radius 3 is 2.77 bits per heavy atom. The van der Waals surface area contributed by atoms with Gasteiger partial charge in [-0.2, -0.15) is 0 Å². The number of hydrogen-bond donors (Lipinski definition) is 0. The molecule has 2 heteroatoms. The van der Waals surface area contributed by atoms with E-state index in [4.69, 9.17) is 9.47 Å². The van der Waals surface area contributed by atoms with Crippen LogP contribution in [0.4, 0.5) is 0 Å². The van der Waals surface area contributed by atoms with E-state index in [1.807, 2.05) is 19.9 Å². The lowest BCUT2D eigenvalue weighted by Crippen LogP contribution is -2.24. The van der Waals surface area contributed by atoms with Gasteiger partial charge in [-0.1, -0.05) is 25.7 Å². The zero-order valence-electron chi connectivity index (χ0n) is 8.41. The molecule has 1 aliphatic heterocycles. The summed E-state index contributed by atoms with van der Waals surface area (Å²) < 4.78 is 11.6. The summed E-state index contributed by atoms with van der Waals surface area (Å²) in [6.07, 6.45) is 4.33. The highest BCUT2D eigenvalue weighted by molar-refractivity contribution is 5.31. The van der Waals surface area contributed by atoms with Crippen molar-refractivity contribution < 1.29 is 9.47 Å². The summed E-state index contributed by atoms with van der Waals surface area (Å²) in [4.78, 5) is 0. The molecule has 13 heavy (non-hydrogen) atoms. The van der Waals surface area contributed by atoms with E-state index in [2.05, 4.69) is 19.6 Å². The molecule has 0 spiro atoms. The molecule has 2 aliphatic rings. The van der Waals surface area contributed by atoms with Gasteiger partial charge in [-0.25, -0.2) is 0 Å². The summed E-state index contributed by atoms with van der Waals surface area (Å²) in [6.45, 7) is 9.85. The smallest absolute Gasteiger partial charge is 0.164 e. The Labute approximate surface area is 79.2 Å². The Hall–Kier alpha value is -0.600. The van der Waals surface area contributed by atoms with Crippen molar-refractivity contribution in [2.75, 3.05) is 0 Å². The van der Waals surface area contributed by atoms with Gasteiger partial charge in [0.05, 0.1) is 6.10 Å². The van der Waals surface area contributed by atoms with Crippen LogP contribution in [-0.4, -0.2) is 18.0 Å². The van der Waals surface area contributed by atoms with Crippen LogP contribution in [0.3, 0.4) is 0 Å². The van der Waals surface area contributed by atoms with Crippen molar-refractivity contribution in [3.8, 4) is 0 Å². The molecule has 2 rings (SSSR count). The van der Waals surface area contributed by atoms with E-state index >= 15 is 0 Å². The summed E-state index contributed by atoms with van der Waals surface area (Å²) in [7, 11) is 0. The molecule has 0 amide bonds. The molecule has 0 aromatic rings. The van der Waals surface area contributed by atoms with E-state index in [0.29, 0.717) is 5.92 Å². The lowest BCUT2D eigenvalue weighted by atomic mass is 10.1. The van der Waals surface area contributed by atoms with Gasteiger partial charge >= 0.3 is 0 Å². The van der Waals surface area contributed by atoms with Crippen molar-refractivity contribution in [3.63, 3.8) is 0 Å². The standard InChI is InChI=1S/C11H16O2/c1-5-8-6-7(2)9-10(8)13-11(3,4)12-9/h5-7,9-10H,1H2,2-4H3/t7-,9+,10-/m1/s1. The van der Waals surface area contributed by atoms with Gasteiger partial charge in [0.2, 0.25) is 0 Å². The zero-order valence-corrected chi connectivity index (χ0v) is 8.41. The number of hydrogen-bond acceptors (Lipinski definition) is 2. The van der Waals surface area contributed by atoms with Crippen molar-refractivity contribution in [1.82, 2.24) is 0 Å². The molecule has 0 unspecified atom stereocenters. The third-order valence-electron chi connectivity index (χ3n) is 2.67. The molecule has 1 aliphatic carbocycles. The van der Waals surface area contributed by atoms with Gasteiger partial charge < -0.3 is 9.47 Å². The largest absolute Gasteiger partial charge is 0.344 e. The third-order valence-corrected chi connectivity index (χ3v) is 2.67. The minimum atomic E-state index is -0.438. The summed E-state index contributed by atoms with van der Waals surface area (Å²) in [5, 5.41) is 0. The van der Waals surface area contributed by atoms with Gasteiger partial charge in [0.15, 0.2) is 5.79 Å². The van der Waals surface area contributed by atoms with Crippen molar-refractivity contribution in [2.45, 2.75) is 38.8 Å². The first-order valence-electron chi connectivity index (χ1n) is 4.73. The maximum atomic E-state index is 5.79. The first kappa shape index (κ1) is 8.97. The molecule has 0 N–H and O–H groups in total. The van der Waals surface area contributed by atoms with Gasteiger partial charge in [0.1, 0.15) is 6.10 Å². The minimum absolute atomic E-state index is 0.0995. The Bertz CT molecular complexity index is 265. The van der Waals surface area contributed by atoms with E-state index in [9.17, 15) is 0 Å². The molecule has 1 fully saturated rings. The molecule has 0 saturated carbocycles. The van der Waals surface area contributed by atoms with Gasteiger partial charge in [-0.05, 0) is 19.4 Å². The van der Waals surface area contributed by atoms with E-state index in [-0.39, 0.29) is 12.2 Å². The first-order chi connectivity index (χ1) is 6.03. The average Bonchev–Trinajstić information content (AvgIpc) is 2.47. The van der Waals surface area contributed by atoms with Gasteiger partial charge in [0.25, 0.3) is 0 Å².